The van der Waals surface area contributed by atoms with Gasteiger partial charge in [-0.3, -0.25) is 4.79 Å². The average molecular weight is 424 g/mol. The van der Waals surface area contributed by atoms with Crippen LogP contribution in [0.4, 0.5) is 5.82 Å². The summed E-state index contributed by atoms with van der Waals surface area (Å²) >= 11 is 10.5. The van der Waals surface area contributed by atoms with E-state index >= 15 is 0 Å². The summed E-state index contributed by atoms with van der Waals surface area (Å²) in [6, 6.07) is 11.2. The molecule has 3 rings (SSSR count). The number of amides is 1. The minimum absolute atomic E-state index is 0.156. The second kappa shape index (κ2) is 7.83. The number of aromatic nitrogens is 3. The second-order valence-corrected chi connectivity index (χ2v) is 7.12. The molecule has 0 saturated heterocycles. The van der Waals surface area contributed by atoms with Gasteiger partial charge in [0.05, 0.1) is 22.7 Å². The van der Waals surface area contributed by atoms with Gasteiger partial charge in [-0.25, -0.2) is 9.97 Å². The normalized spacial score (nSPS) is 10.6. The number of anilines is 1. The lowest BCUT2D eigenvalue weighted by molar-refractivity contribution is -0.113. The summed E-state index contributed by atoms with van der Waals surface area (Å²) in [5.41, 5.74) is 1.94. The Kier molecular flexibility index (Phi) is 5.55. The number of imidazole rings is 1. The molecule has 0 saturated carbocycles. The molecule has 0 unspecified atom stereocenters. The molecule has 0 atom stereocenters. The zero-order valence-corrected chi connectivity index (χ0v) is 15.5. The number of carbonyl (C=O) groups excluding carboxylic acids is 1. The van der Waals surface area contributed by atoms with E-state index in [2.05, 4.69) is 36.2 Å². The summed E-state index contributed by atoms with van der Waals surface area (Å²) in [6.07, 6.45) is 3.24. The van der Waals surface area contributed by atoms with Crippen LogP contribution < -0.4 is 5.32 Å². The van der Waals surface area contributed by atoms with E-state index in [0.29, 0.717) is 16.0 Å². The fourth-order valence-corrected chi connectivity index (χ4v) is 2.94. The second-order valence-electron chi connectivity index (χ2n) is 4.81. The highest BCUT2D eigenvalue weighted by atomic mass is 79.9. The predicted octanol–water partition coefficient (Wildman–Crippen LogP) is 4.62. The molecular weight excluding hydrogens is 412 g/mol. The monoisotopic (exact) mass is 422 g/mol. The van der Waals surface area contributed by atoms with E-state index in [1.165, 1.54) is 18.0 Å². The summed E-state index contributed by atoms with van der Waals surface area (Å²) < 4.78 is 1.02. The van der Waals surface area contributed by atoms with Crippen molar-refractivity contribution in [1.29, 1.82) is 0 Å². The van der Waals surface area contributed by atoms with Crippen LogP contribution in [0.3, 0.4) is 0 Å². The van der Waals surface area contributed by atoms with E-state index in [-0.39, 0.29) is 11.7 Å². The summed E-state index contributed by atoms with van der Waals surface area (Å²) in [7, 11) is 0. The van der Waals surface area contributed by atoms with Gasteiger partial charge in [-0.1, -0.05) is 51.4 Å². The van der Waals surface area contributed by atoms with Gasteiger partial charge in [0.1, 0.15) is 5.82 Å². The van der Waals surface area contributed by atoms with Crippen LogP contribution in [0.1, 0.15) is 0 Å². The molecule has 1 amide bonds. The Morgan fingerprint density at radius 2 is 1.96 bits per heavy atom. The topological polar surface area (TPSA) is 70.7 Å². The summed E-state index contributed by atoms with van der Waals surface area (Å²) in [4.78, 5) is 23.4. The van der Waals surface area contributed by atoms with Crippen LogP contribution in [0.2, 0.25) is 5.02 Å². The van der Waals surface area contributed by atoms with Gasteiger partial charge in [0.25, 0.3) is 0 Å². The number of benzene rings is 1. The lowest BCUT2D eigenvalue weighted by atomic mass is 10.2. The van der Waals surface area contributed by atoms with E-state index in [9.17, 15) is 4.79 Å². The van der Waals surface area contributed by atoms with Gasteiger partial charge < -0.3 is 10.3 Å². The standard InChI is InChI=1S/C16H12BrClN4OS/c17-11-3-1-10(2-4-11)13-8-20-16(21-13)24-9-15(23)22-14-6-5-12(18)7-19-14/h1-8H,9H2,(H,20,21)(H,19,22,23). The minimum Gasteiger partial charge on any atom is -0.333 e. The molecule has 3 aromatic rings. The van der Waals surface area contributed by atoms with Crippen LogP contribution >= 0.6 is 39.3 Å². The molecular formula is C16H12BrClN4OS. The smallest absolute Gasteiger partial charge is 0.236 e. The van der Waals surface area contributed by atoms with E-state index in [0.717, 1.165) is 15.7 Å². The fourth-order valence-electron chi connectivity index (χ4n) is 1.92. The minimum atomic E-state index is -0.156. The van der Waals surface area contributed by atoms with Crippen molar-refractivity contribution in [3.05, 3.63) is 58.3 Å². The first-order chi connectivity index (χ1) is 11.6. The molecule has 1 aromatic carbocycles. The van der Waals surface area contributed by atoms with Crippen LogP contribution in [0, 0.1) is 0 Å². The number of pyridine rings is 1. The first-order valence-electron chi connectivity index (χ1n) is 6.95. The van der Waals surface area contributed by atoms with E-state index in [1.54, 1.807) is 18.3 Å². The summed E-state index contributed by atoms with van der Waals surface area (Å²) in [5.74, 6) is 0.550. The number of nitrogens with zero attached hydrogens (tertiary/aromatic N) is 2. The Labute approximate surface area is 156 Å². The highest BCUT2D eigenvalue weighted by molar-refractivity contribution is 9.10. The summed E-state index contributed by atoms with van der Waals surface area (Å²) in [6.45, 7) is 0. The van der Waals surface area contributed by atoms with Gasteiger partial charge in [-0.2, -0.15) is 0 Å². The molecule has 0 bridgehead atoms. The summed E-state index contributed by atoms with van der Waals surface area (Å²) in [5, 5.41) is 3.92. The maximum Gasteiger partial charge on any atom is 0.236 e. The van der Waals surface area contributed by atoms with Crippen molar-refractivity contribution in [2.24, 2.45) is 0 Å². The molecule has 8 heteroatoms. The zero-order chi connectivity index (χ0) is 16.9. The maximum atomic E-state index is 11.9. The molecule has 0 fully saturated rings. The van der Waals surface area contributed by atoms with E-state index in [4.69, 9.17) is 11.6 Å². The largest absolute Gasteiger partial charge is 0.333 e. The van der Waals surface area contributed by atoms with Crippen LogP contribution in [-0.4, -0.2) is 26.6 Å². The first kappa shape index (κ1) is 17.0. The highest BCUT2D eigenvalue weighted by Crippen LogP contribution is 2.23. The molecule has 0 spiro atoms. The number of halogens is 2. The van der Waals surface area contributed by atoms with Crippen molar-refractivity contribution in [3.8, 4) is 11.3 Å². The average Bonchev–Trinajstić information content (AvgIpc) is 3.05. The number of rotatable bonds is 5. The van der Waals surface area contributed by atoms with Crippen molar-refractivity contribution < 1.29 is 4.79 Å². The number of thioether (sulfide) groups is 1. The quantitative estimate of drug-likeness (QED) is 0.588. The Bertz CT molecular complexity index is 836. The molecule has 0 aliphatic rings. The lowest BCUT2D eigenvalue weighted by Gasteiger charge is -2.03. The number of hydrogen-bond donors (Lipinski definition) is 2. The molecule has 2 heterocycles. The third kappa shape index (κ3) is 4.59. The van der Waals surface area contributed by atoms with Gasteiger partial charge in [0.15, 0.2) is 5.16 Å². The van der Waals surface area contributed by atoms with E-state index in [1.807, 2.05) is 24.3 Å². The van der Waals surface area contributed by atoms with Crippen molar-refractivity contribution in [2.45, 2.75) is 5.16 Å². The molecule has 0 radical (unpaired) electrons. The van der Waals surface area contributed by atoms with Gasteiger partial charge >= 0.3 is 0 Å². The van der Waals surface area contributed by atoms with Gasteiger partial charge in [-0.15, -0.1) is 0 Å². The fraction of sp³-hybridized carbons (Fsp3) is 0.0625. The maximum absolute atomic E-state index is 11.9. The van der Waals surface area contributed by atoms with Crippen molar-refractivity contribution >= 4 is 51.0 Å². The van der Waals surface area contributed by atoms with Crippen molar-refractivity contribution in [3.63, 3.8) is 0 Å². The highest BCUT2D eigenvalue weighted by Gasteiger charge is 2.08. The van der Waals surface area contributed by atoms with Gasteiger partial charge in [0, 0.05) is 10.7 Å². The Hall–Kier alpha value is -1.83. The molecule has 0 aliphatic carbocycles. The third-order valence-electron chi connectivity index (χ3n) is 3.04. The molecule has 5 nitrogen and oxygen atoms in total. The first-order valence-corrected chi connectivity index (χ1v) is 9.11. The molecule has 0 aliphatic heterocycles. The Morgan fingerprint density at radius 1 is 1.17 bits per heavy atom. The van der Waals surface area contributed by atoms with Crippen LogP contribution in [0.15, 0.2) is 58.4 Å². The SMILES string of the molecule is O=C(CSc1ncc(-c2ccc(Br)cc2)[nH]1)Nc1ccc(Cl)cn1. The van der Waals surface area contributed by atoms with Crippen LogP contribution in [0.25, 0.3) is 11.3 Å². The number of aromatic amines is 1. The Morgan fingerprint density at radius 3 is 2.67 bits per heavy atom. The molecule has 2 N–H and O–H groups in total. The Balaban J connectivity index is 1.56. The van der Waals surface area contributed by atoms with Crippen LogP contribution in [0.5, 0.6) is 0 Å². The molecule has 24 heavy (non-hydrogen) atoms. The van der Waals surface area contributed by atoms with Crippen molar-refractivity contribution in [2.75, 3.05) is 11.1 Å². The molecule has 2 aromatic heterocycles. The molecule has 122 valence electrons. The lowest BCUT2D eigenvalue weighted by Crippen LogP contribution is -2.14. The number of H-pyrrole nitrogens is 1. The van der Waals surface area contributed by atoms with Crippen LogP contribution in [-0.2, 0) is 4.79 Å². The van der Waals surface area contributed by atoms with Gasteiger partial charge in [-0.05, 0) is 29.8 Å². The van der Waals surface area contributed by atoms with E-state index < -0.39 is 0 Å². The predicted molar refractivity (Wildman–Crippen MR) is 100 cm³/mol. The van der Waals surface area contributed by atoms with Gasteiger partial charge in [0.2, 0.25) is 5.91 Å². The zero-order valence-electron chi connectivity index (χ0n) is 12.3. The third-order valence-corrected chi connectivity index (χ3v) is 4.68. The number of hydrogen-bond acceptors (Lipinski definition) is 4. The number of nitrogens with one attached hydrogen (secondary N) is 2. The van der Waals surface area contributed by atoms with Crippen molar-refractivity contribution in [1.82, 2.24) is 15.0 Å². The number of carbonyl (C=O) groups is 1.